The molecule has 1 aromatic rings. The smallest absolute Gasteiger partial charge is 0.0233 e. The van der Waals surface area contributed by atoms with Crippen LogP contribution in [0.15, 0.2) is 30.3 Å². The van der Waals surface area contributed by atoms with E-state index in [1.165, 1.54) is 37.9 Å². The number of benzene rings is 1. The van der Waals surface area contributed by atoms with E-state index in [0.717, 1.165) is 19.0 Å². The molecule has 1 unspecified atom stereocenters. The second kappa shape index (κ2) is 4.43. The zero-order chi connectivity index (χ0) is 11.7. The van der Waals surface area contributed by atoms with E-state index >= 15 is 0 Å². The lowest BCUT2D eigenvalue weighted by Crippen LogP contribution is -2.35. The van der Waals surface area contributed by atoms with E-state index in [9.17, 15) is 0 Å². The molecule has 0 amide bonds. The van der Waals surface area contributed by atoms with Crippen molar-refractivity contribution in [3.63, 3.8) is 0 Å². The fraction of sp³-hybridized carbons (Fsp3) is 0.600. The number of nitrogens with two attached hydrogens (primary N) is 1. The SMILES string of the molecule is NCC1CC12CCN(Cc1ccccc1)CC2. The van der Waals surface area contributed by atoms with Gasteiger partial charge in [-0.3, -0.25) is 4.90 Å². The summed E-state index contributed by atoms with van der Waals surface area (Å²) in [6, 6.07) is 10.8. The molecule has 2 nitrogen and oxygen atoms in total. The molecule has 1 aromatic carbocycles. The molecule has 0 radical (unpaired) electrons. The predicted octanol–water partition coefficient (Wildman–Crippen LogP) is 2.25. The number of nitrogens with zero attached hydrogens (tertiary/aromatic N) is 1. The third-order valence-electron chi connectivity index (χ3n) is 4.74. The Morgan fingerprint density at radius 1 is 1.18 bits per heavy atom. The quantitative estimate of drug-likeness (QED) is 0.863. The number of piperidine rings is 1. The van der Waals surface area contributed by atoms with Gasteiger partial charge < -0.3 is 5.73 Å². The van der Waals surface area contributed by atoms with Crippen LogP contribution in [0.25, 0.3) is 0 Å². The Hall–Kier alpha value is -0.860. The number of hydrogen-bond donors (Lipinski definition) is 1. The predicted molar refractivity (Wildman–Crippen MR) is 70.5 cm³/mol. The van der Waals surface area contributed by atoms with Gasteiger partial charge in [0.15, 0.2) is 0 Å². The Morgan fingerprint density at radius 3 is 2.47 bits per heavy atom. The van der Waals surface area contributed by atoms with Crippen molar-refractivity contribution in [1.29, 1.82) is 0 Å². The topological polar surface area (TPSA) is 29.3 Å². The summed E-state index contributed by atoms with van der Waals surface area (Å²) < 4.78 is 0. The molecule has 17 heavy (non-hydrogen) atoms. The molecule has 92 valence electrons. The van der Waals surface area contributed by atoms with Gasteiger partial charge in [0.05, 0.1) is 0 Å². The summed E-state index contributed by atoms with van der Waals surface area (Å²) in [7, 11) is 0. The average molecular weight is 230 g/mol. The van der Waals surface area contributed by atoms with E-state index < -0.39 is 0 Å². The van der Waals surface area contributed by atoms with Gasteiger partial charge >= 0.3 is 0 Å². The Bertz CT molecular complexity index is 366. The molecule has 1 atom stereocenters. The zero-order valence-electron chi connectivity index (χ0n) is 10.4. The maximum absolute atomic E-state index is 5.78. The van der Waals surface area contributed by atoms with Crippen LogP contribution in [0.3, 0.4) is 0 Å². The maximum atomic E-state index is 5.78. The Morgan fingerprint density at radius 2 is 1.88 bits per heavy atom. The molecule has 1 spiro atoms. The summed E-state index contributed by atoms with van der Waals surface area (Å²) in [4.78, 5) is 2.59. The van der Waals surface area contributed by atoms with Gasteiger partial charge in [-0.05, 0) is 55.8 Å². The third-order valence-corrected chi connectivity index (χ3v) is 4.74. The van der Waals surface area contributed by atoms with Crippen LogP contribution in [0, 0.1) is 11.3 Å². The first kappa shape index (κ1) is 11.2. The van der Waals surface area contributed by atoms with E-state index in [4.69, 9.17) is 5.73 Å². The highest BCUT2D eigenvalue weighted by Gasteiger charge is 2.53. The van der Waals surface area contributed by atoms with Gasteiger partial charge in [0.2, 0.25) is 0 Å². The van der Waals surface area contributed by atoms with E-state index in [1.807, 2.05) is 0 Å². The maximum Gasteiger partial charge on any atom is 0.0233 e. The van der Waals surface area contributed by atoms with Gasteiger partial charge in [-0.25, -0.2) is 0 Å². The fourth-order valence-corrected chi connectivity index (χ4v) is 3.38. The Kier molecular flexibility index (Phi) is 2.93. The van der Waals surface area contributed by atoms with Crippen molar-refractivity contribution in [2.45, 2.75) is 25.8 Å². The van der Waals surface area contributed by atoms with Crippen LogP contribution >= 0.6 is 0 Å². The number of hydrogen-bond acceptors (Lipinski definition) is 2. The summed E-state index contributed by atoms with van der Waals surface area (Å²) in [5, 5.41) is 0. The Balaban J connectivity index is 1.53. The molecule has 0 bridgehead atoms. The van der Waals surface area contributed by atoms with Crippen LogP contribution < -0.4 is 5.73 Å². The largest absolute Gasteiger partial charge is 0.330 e. The van der Waals surface area contributed by atoms with Gasteiger partial charge in [-0.1, -0.05) is 30.3 Å². The Labute approximate surface area is 104 Å². The number of likely N-dealkylation sites (tertiary alicyclic amines) is 1. The average Bonchev–Trinajstić information content (AvgIpc) is 3.07. The van der Waals surface area contributed by atoms with Crippen LogP contribution in [0.1, 0.15) is 24.8 Å². The number of rotatable bonds is 3. The molecule has 1 aliphatic heterocycles. The zero-order valence-corrected chi connectivity index (χ0v) is 10.4. The second-order valence-electron chi connectivity index (χ2n) is 5.76. The molecule has 2 fully saturated rings. The van der Waals surface area contributed by atoms with Crippen molar-refractivity contribution >= 4 is 0 Å². The van der Waals surface area contributed by atoms with E-state index in [0.29, 0.717) is 5.41 Å². The van der Waals surface area contributed by atoms with Crippen molar-refractivity contribution in [3.8, 4) is 0 Å². The van der Waals surface area contributed by atoms with Gasteiger partial charge in [-0.15, -0.1) is 0 Å². The standard InChI is InChI=1S/C15H22N2/c16-11-14-10-15(14)6-8-17(9-7-15)12-13-4-2-1-3-5-13/h1-5,14H,6-12,16H2. The first-order valence-electron chi connectivity index (χ1n) is 6.79. The van der Waals surface area contributed by atoms with Gasteiger partial charge in [0.25, 0.3) is 0 Å². The first-order chi connectivity index (χ1) is 8.32. The normalized spacial score (nSPS) is 27.2. The molecule has 1 saturated carbocycles. The van der Waals surface area contributed by atoms with Crippen LogP contribution in [-0.4, -0.2) is 24.5 Å². The van der Waals surface area contributed by atoms with Crippen LogP contribution in [-0.2, 0) is 6.54 Å². The van der Waals surface area contributed by atoms with Crippen LogP contribution in [0.4, 0.5) is 0 Å². The molecular formula is C15H22N2. The van der Waals surface area contributed by atoms with Crippen LogP contribution in [0.2, 0.25) is 0 Å². The van der Waals surface area contributed by atoms with E-state index in [-0.39, 0.29) is 0 Å². The summed E-state index contributed by atoms with van der Waals surface area (Å²) in [6.45, 7) is 4.53. The molecule has 2 heteroatoms. The highest BCUT2D eigenvalue weighted by molar-refractivity contribution is 5.15. The lowest BCUT2D eigenvalue weighted by atomic mass is 9.90. The minimum Gasteiger partial charge on any atom is -0.330 e. The van der Waals surface area contributed by atoms with Crippen molar-refractivity contribution in [2.24, 2.45) is 17.1 Å². The van der Waals surface area contributed by atoms with Gasteiger partial charge in [0, 0.05) is 6.54 Å². The molecule has 1 heterocycles. The van der Waals surface area contributed by atoms with Gasteiger partial charge in [0.1, 0.15) is 0 Å². The van der Waals surface area contributed by atoms with Gasteiger partial charge in [-0.2, -0.15) is 0 Å². The minimum absolute atomic E-state index is 0.655. The lowest BCUT2D eigenvalue weighted by molar-refractivity contribution is 0.157. The van der Waals surface area contributed by atoms with Crippen molar-refractivity contribution < 1.29 is 0 Å². The minimum atomic E-state index is 0.655. The molecule has 0 aromatic heterocycles. The molecule has 1 saturated heterocycles. The van der Waals surface area contributed by atoms with Crippen molar-refractivity contribution in [3.05, 3.63) is 35.9 Å². The highest BCUT2D eigenvalue weighted by Crippen LogP contribution is 2.58. The van der Waals surface area contributed by atoms with E-state index in [2.05, 4.69) is 35.2 Å². The van der Waals surface area contributed by atoms with E-state index in [1.54, 1.807) is 0 Å². The summed E-state index contributed by atoms with van der Waals surface area (Å²) in [5.74, 6) is 0.835. The molecule has 2 aliphatic rings. The first-order valence-corrected chi connectivity index (χ1v) is 6.79. The molecule has 2 N–H and O–H groups in total. The lowest BCUT2D eigenvalue weighted by Gasteiger charge is -2.33. The summed E-state index contributed by atoms with van der Waals surface area (Å²) in [5.41, 5.74) is 7.88. The monoisotopic (exact) mass is 230 g/mol. The van der Waals surface area contributed by atoms with Crippen molar-refractivity contribution in [2.75, 3.05) is 19.6 Å². The molecule has 3 rings (SSSR count). The van der Waals surface area contributed by atoms with Crippen molar-refractivity contribution in [1.82, 2.24) is 4.90 Å². The fourth-order valence-electron chi connectivity index (χ4n) is 3.38. The highest BCUT2D eigenvalue weighted by atomic mass is 15.1. The molecule has 1 aliphatic carbocycles. The summed E-state index contributed by atoms with van der Waals surface area (Å²) in [6.07, 6.45) is 4.12. The van der Waals surface area contributed by atoms with Crippen LogP contribution in [0.5, 0.6) is 0 Å². The third kappa shape index (κ3) is 2.24. The summed E-state index contributed by atoms with van der Waals surface area (Å²) >= 11 is 0. The molecular weight excluding hydrogens is 208 g/mol. The second-order valence-corrected chi connectivity index (χ2v) is 5.76.